The van der Waals surface area contributed by atoms with Crippen LogP contribution in [0.4, 0.5) is 0 Å². The minimum atomic E-state index is -3.50. The van der Waals surface area contributed by atoms with Crippen LogP contribution >= 0.6 is 38.9 Å². The molecule has 3 nitrogen and oxygen atoms in total. The van der Waals surface area contributed by atoms with E-state index in [1.807, 2.05) is 30.3 Å². The largest absolute Gasteiger partial charge is 0.252 e. The molecule has 1 heterocycles. The van der Waals surface area contributed by atoms with Gasteiger partial charge in [-0.2, -0.15) is 4.31 Å². The molecule has 2 aromatic rings. The van der Waals surface area contributed by atoms with E-state index in [1.165, 1.54) is 10.4 Å². The van der Waals surface area contributed by atoms with Gasteiger partial charge in [0.1, 0.15) is 4.21 Å². The number of thiophene rings is 1. The summed E-state index contributed by atoms with van der Waals surface area (Å²) in [5, 5.41) is 0.414. The van der Waals surface area contributed by atoms with E-state index in [4.69, 9.17) is 11.6 Å². The Morgan fingerprint density at radius 3 is 2.47 bits per heavy atom. The number of sulfonamides is 1. The first-order chi connectivity index (χ1) is 8.91. The minimum absolute atomic E-state index is 0.239. The molecule has 1 aromatic carbocycles. The Morgan fingerprint density at radius 2 is 1.95 bits per heavy atom. The maximum absolute atomic E-state index is 12.4. The molecule has 2 rings (SSSR count). The molecular formula is C12H11BrClNO2S2. The Labute approximate surface area is 130 Å². The first-order valence-electron chi connectivity index (χ1n) is 5.36. The van der Waals surface area contributed by atoms with Crippen molar-refractivity contribution < 1.29 is 8.42 Å². The van der Waals surface area contributed by atoms with Gasteiger partial charge in [0, 0.05) is 13.6 Å². The Hall–Kier alpha value is -0.400. The zero-order valence-corrected chi connectivity index (χ0v) is 14.0. The van der Waals surface area contributed by atoms with E-state index in [0.717, 1.165) is 16.9 Å². The summed E-state index contributed by atoms with van der Waals surface area (Å²) in [5.41, 5.74) is 0.940. The molecule has 0 aliphatic heterocycles. The molecule has 102 valence electrons. The van der Waals surface area contributed by atoms with Crippen molar-refractivity contribution in [1.82, 2.24) is 4.31 Å². The van der Waals surface area contributed by atoms with Crippen LogP contribution in [0.1, 0.15) is 5.56 Å². The van der Waals surface area contributed by atoms with Crippen LogP contribution < -0.4 is 0 Å². The Morgan fingerprint density at radius 1 is 1.32 bits per heavy atom. The second-order valence-corrected chi connectivity index (χ2v) is 8.98. The van der Waals surface area contributed by atoms with Gasteiger partial charge in [0.2, 0.25) is 0 Å². The standard InChI is InChI=1S/C12H11BrClNO2S2/c1-15(8-9-5-3-2-4-6-9)19(16,17)11-7-10(14)12(13)18-11/h2-7H,8H2,1H3. The van der Waals surface area contributed by atoms with Crippen molar-refractivity contribution in [3.63, 3.8) is 0 Å². The third-order valence-electron chi connectivity index (χ3n) is 2.54. The summed E-state index contributed by atoms with van der Waals surface area (Å²) in [4.78, 5) is 0. The van der Waals surface area contributed by atoms with E-state index in [1.54, 1.807) is 7.05 Å². The van der Waals surface area contributed by atoms with Crippen LogP contribution in [0.5, 0.6) is 0 Å². The zero-order valence-electron chi connectivity index (χ0n) is 10.0. The van der Waals surface area contributed by atoms with E-state index in [0.29, 0.717) is 15.4 Å². The first-order valence-corrected chi connectivity index (χ1v) is 8.79. The second-order valence-electron chi connectivity index (χ2n) is 3.93. The van der Waals surface area contributed by atoms with E-state index >= 15 is 0 Å². The fourth-order valence-corrected chi connectivity index (χ4v) is 5.30. The fourth-order valence-electron chi connectivity index (χ4n) is 1.53. The van der Waals surface area contributed by atoms with Crippen molar-refractivity contribution in [2.24, 2.45) is 0 Å². The second kappa shape index (κ2) is 5.93. The molecule has 0 unspecified atom stereocenters. The lowest BCUT2D eigenvalue weighted by atomic mass is 10.2. The van der Waals surface area contributed by atoms with E-state index in [-0.39, 0.29) is 4.21 Å². The zero-order chi connectivity index (χ0) is 14.0. The van der Waals surface area contributed by atoms with Crippen molar-refractivity contribution in [1.29, 1.82) is 0 Å². The topological polar surface area (TPSA) is 37.4 Å². The third-order valence-corrected chi connectivity index (χ3v) is 7.26. The van der Waals surface area contributed by atoms with Crippen LogP contribution in [0.15, 0.2) is 44.4 Å². The molecule has 0 amide bonds. The van der Waals surface area contributed by atoms with Crippen molar-refractivity contribution in [3.8, 4) is 0 Å². The van der Waals surface area contributed by atoms with Crippen molar-refractivity contribution in [2.45, 2.75) is 10.8 Å². The van der Waals surface area contributed by atoms with E-state index < -0.39 is 10.0 Å². The molecule has 0 bridgehead atoms. The SMILES string of the molecule is CN(Cc1ccccc1)S(=O)(=O)c1cc(Cl)c(Br)s1. The Balaban J connectivity index is 2.25. The lowest BCUT2D eigenvalue weighted by Gasteiger charge is -2.15. The quantitative estimate of drug-likeness (QED) is 0.804. The van der Waals surface area contributed by atoms with Crippen molar-refractivity contribution in [2.75, 3.05) is 7.05 Å². The lowest BCUT2D eigenvalue weighted by molar-refractivity contribution is 0.468. The Bertz CT molecular complexity index is 651. The molecule has 0 saturated carbocycles. The third kappa shape index (κ3) is 3.38. The fraction of sp³-hybridized carbons (Fsp3) is 0.167. The average molecular weight is 381 g/mol. The number of hydrogen-bond acceptors (Lipinski definition) is 3. The summed E-state index contributed by atoms with van der Waals surface area (Å²) in [7, 11) is -1.94. The van der Waals surface area contributed by atoms with Gasteiger partial charge in [-0.05, 0) is 27.6 Å². The van der Waals surface area contributed by atoms with Gasteiger partial charge in [-0.1, -0.05) is 41.9 Å². The molecule has 0 saturated heterocycles. The number of hydrogen-bond donors (Lipinski definition) is 0. The highest BCUT2D eigenvalue weighted by molar-refractivity contribution is 9.11. The predicted molar refractivity (Wildman–Crippen MR) is 82.1 cm³/mol. The summed E-state index contributed by atoms with van der Waals surface area (Å²) < 4.78 is 26.9. The highest BCUT2D eigenvalue weighted by Crippen LogP contribution is 2.35. The van der Waals surface area contributed by atoms with E-state index in [2.05, 4.69) is 15.9 Å². The Kier molecular flexibility index (Phi) is 4.68. The van der Waals surface area contributed by atoms with Crippen molar-refractivity contribution in [3.05, 3.63) is 50.8 Å². The molecule has 19 heavy (non-hydrogen) atoms. The monoisotopic (exact) mass is 379 g/mol. The summed E-state index contributed by atoms with van der Waals surface area (Å²) in [6.45, 7) is 0.330. The maximum atomic E-state index is 12.4. The van der Waals surface area contributed by atoms with Gasteiger partial charge in [-0.25, -0.2) is 8.42 Å². The van der Waals surface area contributed by atoms with Gasteiger partial charge >= 0.3 is 0 Å². The smallest absolute Gasteiger partial charge is 0.206 e. The van der Waals surface area contributed by atoms with E-state index in [9.17, 15) is 8.42 Å². The van der Waals surface area contributed by atoms with Gasteiger partial charge in [0.15, 0.2) is 0 Å². The highest BCUT2D eigenvalue weighted by Gasteiger charge is 2.24. The average Bonchev–Trinajstić information content (AvgIpc) is 2.71. The normalized spacial score (nSPS) is 12.0. The molecule has 0 atom stereocenters. The maximum Gasteiger partial charge on any atom is 0.252 e. The summed E-state index contributed by atoms with van der Waals surface area (Å²) in [6.07, 6.45) is 0. The number of rotatable bonds is 4. The van der Waals surface area contributed by atoms with Gasteiger partial charge in [-0.15, -0.1) is 11.3 Å². The van der Waals surface area contributed by atoms with Crippen LogP contribution in [-0.2, 0) is 16.6 Å². The number of halogens is 2. The predicted octanol–water partition coefficient (Wildman–Crippen LogP) is 3.98. The first kappa shape index (κ1) is 15.0. The summed E-state index contributed by atoms with van der Waals surface area (Å²) >= 11 is 10.2. The van der Waals surface area contributed by atoms with Crippen molar-refractivity contribution >= 4 is 48.9 Å². The number of nitrogens with zero attached hydrogens (tertiary/aromatic N) is 1. The molecule has 0 spiro atoms. The van der Waals surface area contributed by atoms with Gasteiger partial charge in [0.25, 0.3) is 10.0 Å². The van der Waals surface area contributed by atoms with Crippen LogP contribution in [0.3, 0.4) is 0 Å². The molecule has 0 N–H and O–H groups in total. The number of benzene rings is 1. The minimum Gasteiger partial charge on any atom is -0.206 e. The summed E-state index contributed by atoms with van der Waals surface area (Å²) in [6, 6.07) is 10.9. The molecule has 0 aliphatic rings. The van der Waals surface area contributed by atoms with Crippen LogP contribution in [-0.4, -0.2) is 19.8 Å². The van der Waals surface area contributed by atoms with Crippen LogP contribution in [0, 0.1) is 0 Å². The van der Waals surface area contributed by atoms with Gasteiger partial charge in [0.05, 0.1) is 8.81 Å². The lowest BCUT2D eigenvalue weighted by Crippen LogP contribution is -2.25. The van der Waals surface area contributed by atoms with Crippen LogP contribution in [0.2, 0.25) is 5.02 Å². The van der Waals surface area contributed by atoms with Gasteiger partial charge in [-0.3, -0.25) is 0 Å². The molecule has 0 aliphatic carbocycles. The molecule has 7 heteroatoms. The van der Waals surface area contributed by atoms with Crippen LogP contribution in [0.25, 0.3) is 0 Å². The molecule has 0 radical (unpaired) electrons. The molecular weight excluding hydrogens is 370 g/mol. The molecule has 0 fully saturated rings. The summed E-state index contributed by atoms with van der Waals surface area (Å²) in [5.74, 6) is 0. The van der Waals surface area contributed by atoms with Gasteiger partial charge < -0.3 is 0 Å². The highest BCUT2D eigenvalue weighted by atomic mass is 79.9. The molecule has 1 aromatic heterocycles.